The molecule has 8 heteroatoms. The molecule has 4 aromatic rings. The first-order valence-electron chi connectivity index (χ1n) is 9.37. The Kier molecular flexibility index (Phi) is 6.15. The molecule has 0 aliphatic carbocycles. The van der Waals surface area contributed by atoms with Gasteiger partial charge in [0.1, 0.15) is 15.8 Å². The van der Waals surface area contributed by atoms with Gasteiger partial charge in [-0.05, 0) is 36.1 Å². The number of ether oxygens (including phenoxy) is 1. The smallest absolute Gasteiger partial charge is 0.260 e. The molecular formula is C22H19N3O3S2. The first-order chi connectivity index (χ1) is 14.7. The van der Waals surface area contributed by atoms with E-state index in [1.54, 1.807) is 12.1 Å². The third-order valence-electron chi connectivity index (χ3n) is 4.33. The van der Waals surface area contributed by atoms with E-state index in [-0.39, 0.29) is 11.5 Å². The number of nitrogens with zero attached hydrogens (tertiary/aromatic N) is 1. The van der Waals surface area contributed by atoms with Gasteiger partial charge in [0, 0.05) is 0 Å². The summed E-state index contributed by atoms with van der Waals surface area (Å²) in [7, 11) is 0. The highest BCUT2D eigenvalue weighted by Crippen LogP contribution is 2.36. The Balaban J connectivity index is 1.66. The summed E-state index contributed by atoms with van der Waals surface area (Å²) >= 11 is 2.60. The van der Waals surface area contributed by atoms with E-state index in [4.69, 9.17) is 4.74 Å². The number of rotatable bonds is 7. The second-order valence-electron chi connectivity index (χ2n) is 6.34. The standard InChI is InChI=1S/C22H19N3O3S2/c1-2-28-17-11-7-6-10-16(17)23-20(27)18(14-8-4-3-5-9-14)30-22-24-19(26)15-12-13-29-21(15)25-22/h3-13,18H,2H2,1H3,(H,23,27)(H,24,25,26)/t18-/m0/s1. The number of thiophene rings is 1. The van der Waals surface area contributed by atoms with Crippen LogP contribution in [0.1, 0.15) is 17.7 Å². The van der Waals surface area contributed by atoms with Crippen molar-refractivity contribution in [3.05, 3.63) is 82.0 Å². The lowest BCUT2D eigenvalue weighted by atomic mass is 10.1. The summed E-state index contributed by atoms with van der Waals surface area (Å²) < 4.78 is 5.62. The maximum absolute atomic E-state index is 13.3. The number of fused-ring (bicyclic) bond motifs is 1. The molecule has 0 radical (unpaired) electrons. The first-order valence-corrected chi connectivity index (χ1v) is 11.1. The Morgan fingerprint density at radius 3 is 2.73 bits per heavy atom. The number of benzene rings is 2. The van der Waals surface area contributed by atoms with Gasteiger partial charge in [0.15, 0.2) is 5.16 Å². The predicted octanol–water partition coefficient (Wildman–Crippen LogP) is 4.86. The molecule has 0 aliphatic heterocycles. The fraction of sp³-hybridized carbons (Fsp3) is 0.136. The van der Waals surface area contributed by atoms with Crippen molar-refractivity contribution in [3.8, 4) is 5.75 Å². The Bertz CT molecular complexity index is 1220. The van der Waals surface area contributed by atoms with Crippen LogP contribution in [0.2, 0.25) is 0 Å². The maximum Gasteiger partial charge on any atom is 0.260 e. The van der Waals surface area contributed by atoms with E-state index in [1.165, 1.54) is 23.1 Å². The highest BCUT2D eigenvalue weighted by Gasteiger charge is 2.24. The lowest BCUT2D eigenvalue weighted by Crippen LogP contribution is -2.20. The van der Waals surface area contributed by atoms with Crippen molar-refractivity contribution >= 4 is 44.9 Å². The second kappa shape index (κ2) is 9.15. The highest BCUT2D eigenvalue weighted by molar-refractivity contribution is 8.00. The van der Waals surface area contributed by atoms with Gasteiger partial charge in [-0.3, -0.25) is 9.59 Å². The van der Waals surface area contributed by atoms with Crippen molar-refractivity contribution < 1.29 is 9.53 Å². The number of H-pyrrole nitrogens is 1. The van der Waals surface area contributed by atoms with Crippen LogP contribution in [-0.4, -0.2) is 22.5 Å². The number of para-hydroxylation sites is 2. The molecule has 0 unspecified atom stereocenters. The summed E-state index contributed by atoms with van der Waals surface area (Å²) in [6.45, 7) is 2.39. The molecule has 152 valence electrons. The van der Waals surface area contributed by atoms with E-state index in [1.807, 2.05) is 60.8 Å². The number of aromatic nitrogens is 2. The molecule has 2 aromatic carbocycles. The molecule has 6 nitrogen and oxygen atoms in total. The number of aromatic amines is 1. The quantitative estimate of drug-likeness (QED) is 0.319. The van der Waals surface area contributed by atoms with Crippen molar-refractivity contribution in [3.63, 3.8) is 0 Å². The van der Waals surface area contributed by atoms with Gasteiger partial charge in [-0.25, -0.2) is 4.98 Å². The van der Waals surface area contributed by atoms with Gasteiger partial charge in [0.2, 0.25) is 5.91 Å². The van der Waals surface area contributed by atoms with Gasteiger partial charge in [0.25, 0.3) is 5.56 Å². The monoisotopic (exact) mass is 437 g/mol. The topological polar surface area (TPSA) is 84.1 Å². The minimum Gasteiger partial charge on any atom is -0.492 e. The molecule has 30 heavy (non-hydrogen) atoms. The normalized spacial score (nSPS) is 11.9. The lowest BCUT2D eigenvalue weighted by molar-refractivity contribution is -0.115. The molecule has 0 bridgehead atoms. The fourth-order valence-corrected chi connectivity index (χ4v) is 4.76. The number of amides is 1. The summed E-state index contributed by atoms with van der Waals surface area (Å²) in [5.74, 6) is 0.379. The van der Waals surface area contributed by atoms with E-state index < -0.39 is 5.25 Å². The van der Waals surface area contributed by atoms with E-state index >= 15 is 0 Å². The zero-order valence-electron chi connectivity index (χ0n) is 16.1. The first kappa shape index (κ1) is 20.2. The Labute approximate surface area is 181 Å². The van der Waals surface area contributed by atoms with Gasteiger partial charge in [-0.1, -0.05) is 54.2 Å². The summed E-state index contributed by atoms with van der Waals surface area (Å²) in [6, 6.07) is 18.5. The molecule has 0 spiro atoms. The largest absolute Gasteiger partial charge is 0.492 e. The summed E-state index contributed by atoms with van der Waals surface area (Å²) in [5.41, 5.74) is 1.20. The van der Waals surface area contributed by atoms with Gasteiger partial charge >= 0.3 is 0 Å². The van der Waals surface area contributed by atoms with Crippen LogP contribution in [0.4, 0.5) is 5.69 Å². The average Bonchev–Trinajstić information content (AvgIpc) is 3.23. The maximum atomic E-state index is 13.3. The molecule has 2 N–H and O–H groups in total. The van der Waals surface area contributed by atoms with Crippen molar-refractivity contribution in [2.24, 2.45) is 0 Å². The SMILES string of the molecule is CCOc1ccccc1NC(=O)[C@@H](Sc1nc2sccc2c(=O)[nH]1)c1ccccc1. The van der Waals surface area contributed by atoms with Crippen LogP contribution >= 0.6 is 23.1 Å². The Morgan fingerprint density at radius 2 is 1.93 bits per heavy atom. The fourth-order valence-electron chi connectivity index (χ4n) is 2.96. The van der Waals surface area contributed by atoms with Crippen molar-refractivity contribution in [1.29, 1.82) is 0 Å². The Hall–Kier alpha value is -3.10. The molecule has 0 aliphatic rings. The van der Waals surface area contributed by atoms with Crippen molar-refractivity contribution in [2.75, 3.05) is 11.9 Å². The second-order valence-corrected chi connectivity index (χ2v) is 8.33. The third-order valence-corrected chi connectivity index (χ3v) is 6.27. The van der Waals surface area contributed by atoms with Crippen molar-refractivity contribution in [2.45, 2.75) is 17.3 Å². The molecule has 4 rings (SSSR count). The zero-order chi connectivity index (χ0) is 20.9. The zero-order valence-corrected chi connectivity index (χ0v) is 17.8. The number of hydrogen-bond donors (Lipinski definition) is 2. The van der Waals surface area contributed by atoms with Crippen LogP contribution in [0, 0.1) is 0 Å². The van der Waals surface area contributed by atoms with Crippen LogP contribution < -0.4 is 15.6 Å². The van der Waals surface area contributed by atoms with E-state index in [9.17, 15) is 9.59 Å². The van der Waals surface area contributed by atoms with Crippen LogP contribution in [0.3, 0.4) is 0 Å². The van der Waals surface area contributed by atoms with Crippen LogP contribution in [-0.2, 0) is 4.79 Å². The van der Waals surface area contributed by atoms with Crippen molar-refractivity contribution in [1.82, 2.24) is 9.97 Å². The highest BCUT2D eigenvalue weighted by atomic mass is 32.2. The molecule has 0 saturated carbocycles. The van der Waals surface area contributed by atoms with E-state index in [0.717, 1.165) is 5.56 Å². The van der Waals surface area contributed by atoms with Gasteiger partial charge < -0.3 is 15.0 Å². The molecule has 2 heterocycles. The number of carbonyl (C=O) groups is 1. The third kappa shape index (κ3) is 4.39. The average molecular weight is 438 g/mol. The number of carbonyl (C=O) groups excluding carboxylic acids is 1. The lowest BCUT2D eigenvalue weighted by Gasteiger charge is -2.18. The summed E-state index contributed by atoms with van der Waals surface area (Å²) in [5, 5.41) is 5.13. The molecule has 1 amide bonds. The number of nitrogens with one attached hydrogen (secondary N) is 2. The number of thioether (sulfide) groups is 1. The summed E-state index contributed by atoms with van der Waals surface area (Å²) in [4.78, 5) is 33.6. The minimum atomic E-state index is -0.610. The van der Waals surface area contributed by atoms with Crippen LogP contribution in [0.25, 0.3) is 10.2 Å². The van der Waals surface area contributed by atoms with Gasteiger partial charge in [-0.2, -0.15) is 0 Å². The molecule has 0 saturated heterocycles. The molecule has 2 aromatic heterocycles. The van der Waals surface area contributed by atoms with E-state index in [2.05, 4.69) is 15.3 Å². The number of anilines is 1. The predicted molar refractivity (Wildman–Crippen MR) is 122 cm³/mol. The van der Waals surface area contributed by atoms with E-state index in [0.29, 0.717) is 33.4 Å². The van der Waals surface area contributed by atoms with Gasteiger partial charge in [-0.15, -0.1) is 11.3 Å². The number of hydrogen-bond acceptors (Lipinski definition) is 6. The van der Waals surface area contributed by atoms with Gasteiger partial charge in [0.05, 0.1) is 17.7 Å². The van der Waals surface area contributed by atoms with Crippen LogP contribution in [0.15, 0.2) is 76.0 Å². The molecular weight excluding hydrogens is 418 g/mol. The minimum absolute atomic E-state index is 0.210. The summed E-state index contributed by atoms with van der Waals surface area (Å²) in [6.07, 6.45) is 0. The molecule has 0 fully saturated rings. The molecule has 1 atom stereocenters. The van der Waals surface area contributed by atoms with Crippen LogP contribution in [0.5, 0.6) is 5.75 Å². The Morgan fingerprint density at radius 1 is 1.17 bits per heavy atom.